The molecule has 0 saturated heterocycles. The van der Waals surface area contributed by atoms with Crippen LogP contribution in [-0.2, 0) is 9.59 Å². The number of hydrogen-bond acceptors (Lipinski definition) is 5. The molecule has 0 aromatic carbocycles. The Morgan fingerprint density at radius 1 is 1.29 bits per heavy atom. The van der Waals surface area contributed by atoms with Crippen molar-refractivity contribution in [1.82, 2.24) is 20.5 Å². The van der Waals surface area contributed by atoms with E-state index >= 15 is 0 Å². The van der Waals surface area contributed by atoms with Gasteiger partial charge in [-0.05, 0) is 19.1 Å². The van der Waals surface area contributed by atoms with E-state index in [-0.39, 0.29) is 30.3 Å². The standard InChI is InChI=1S/C15H20N4O5/c1-9(15(23)24)19(7-6-17-10(2)20)14(22)11-4-5-12(18-8-11)13(21)16-3/h4-5,8-9H,6-7H2,1-3H3,(H,16,21)(H,17,20)(H,23,24). The second kappa shape index (κ2) is 8.61. The highest BCUT2D eigenvalue weighted by Gasteiger charge is 2.26. The topological polar surface area (TPSA) is 129 Å². The number of aromatic nitrogens is 1. The zero-order valence-corrected chi connectivity index (χ0v) is 13.7. The number of hydrogen-bond donors (Lipinski definition) is 3. The van der Waals surface area contributed by atoms with E-state index in [0.29, 0.717) is 0 Å². The van der Waals surface area contributed by atoms with E-state index in [9.17, 15) is 19.2 Å². The Kier molecular flexibility index (Phi) is 6.84. The fraction of sp³-hybridized carbons (Fsp3) is 0.400. The number of pyridine rings is 1. The van der Waals surface area contributed by atoms with Gasteiger partial charge in [0, 0.05) is 33.3 Å². The van der Waals surface area contributed by atoms with Gasteiger partial charge in [0.25, 0.3) is 11.8 Å². The molecule has 3 N–H and O–H groups in total. The van der Waals surface area contributed by atoms with E-state index in [4.69, 9.17) is 5.11 Å². The first-order valence-electron chi connectivity index (χ1n) is 7.24. The van der Waals surface area contributed by atoms with Gasteiger partial charge in [0.05, 0.1) is 5.56 Å². The van der Waals surface area contributed by atoms with Crippen molar-refractivity contribution in [2.75, 3.05) is 20.1 Å². The van der Waals surface area contributed by atoms with Crippen LogP contribution < -0.4 is 10.6 Å². The van der Waals surface area contributed by atoms with Crippen molar-refractivity contribution in [3.05, 3.63) is 29.6 Å². The van der Waals surface area contributed by atoms with Crippen molar-refractivity contribution in [2.24, 2.45) is 0 Å². The maximum absolute atomic E-state index is 12.5. The summed E-state index contributed by atoms with van der Waals surface area (Å²) >= 11 is 0. The second-order valence-corrected chi connectivity index (χ2v) is 5.01. The van der Waals surface area contributed by atoms with Crippen molar-refractivity contribution in [3.8, 4) is 0 Å². The summed E-state index contributed by atoms with van der Waals surface area (Å²) in [5.41, 5.74) is 0.295. The van der Waals surface area contributed by atoms with Crippen molar-refractivity contribution in [3.63, 3.8) is 0 Å². The highest BCUT2D eigenvalue weighted by molar-refractivity contribution is 5.97. The molecule has 0 saturated carbocycles. The summed E-state index contributed by atoms with van der Waals surface area (Å²) in [6, 6.07) is 1.70. The Bertz CT molecular complexity index is 629. The van der Waals surface area contributed by atoms with Gasteiger partial charge < -0.3 is 20.6 Å². The zero-order valence-electron chi connectivity index (χ0n) is 13.7. The molecule has 9 heteroatoms. The third-order valence-electron chi connectivity index (χ3n) is 3.28. The van der Waals surface area contributed by atoms with Gasteiger partial charge in [-0.2, -0.15) is 0 Å². The highest BCUT2D eigenvalue weighted by Crippen LogP contribution is 2.09. The minimum atomic E-state index is -1.17. The third kappa shape index (κ3) is 5.04. The van der Waals surface area contributed by atoms with Crippen LogP contribution >= 0.6 is 0 Å². The van der Waals surface area contributed by atoms with Gasteiger partial charge in [0.1, 0.15) is 11.7 Å². The first-order chi connectivity index (χ1) is 11.3. The van der Waals surface area contributed by atoms with Crippen LogP contribution in [0, 0.1) is 0 Å². The van der Waals surface area contributed by atoms with E-state index < -0.39 is 23.8 Å². The molecule has 1 rings (SSSR count). The molecule has 0 aliphatic heterocycles. The van der Waals surface area contributed by atoms with E-state index in [1.165, 1.54) is 39.2 Å². The van der Waals surface area contributed by atoms with Gasteiger partial charge in [0.15, 0.2) is 0 Å². The van der Waals surface area contributed by atoms with Crippen molar-refractivity contribution in [2.45, 2.75) is 19.9 Å². The van der Waals surface area contributed by atoms with Crippen molar-refractivity contribution >= 4 is 23.7 Å². The van der Waals surface area contributed by atoms with Gasteiger partial charge in [-0.3, -0.25) is 19.4 Å². The Labute approximate surface area is 139 Å². The lowest BCUT2D eigenvalue weighted by Crippen LogP contribution is -2.46. The monoisotopic (exact) mass is 336 g/mol. The predicted molar refractivity (Wildman–Crippen MR) is 84.4 cm³/mol. The van der Waals surface area contributed by atoms with Gasteiger partial charge >= 0.3 is 5.97 Å². The molecule has 1 aromatic rings. The van der Waals surface area contributed by atoms with Gasteiger partial charge in [-0.1, -0.05) is 0 Å². The molecule has 0 radical (unpaired) electrons. The molecule has 0 fully saturated rings. The molecule has 0 aliphatic rings. The lowest BCUT2D eigenvalue weighted by molar-refractivity contribution is -0.141. The first kappa shape index (κ1) is 19.1. The maximum Gasteiger partial charge on any atom is 0.326 e. The van der Waals surface area contributed by atoms with Crippen molar-refractivity contribution in [1.29, 1.82) is 0 Å². The number of carbonyl (C=O) groups excluding carboxylic acids is 3. The predicted octanol–water partition coefficient (Wildman–Crippen LogP) is -0.507. The number of aliphatic carboxylic acids is 1. The van der Waals surface area contributed by atoms with Crippen LogP contribution in [0.5, 0.6) is 0 Å². The Balaban J connectivity index is 2.95. The zero-order chi connectivity index (χ0) is 18.3. The Hall–Kier alpha value is -2.97. The molecule has 0 bridgehead atoms. The quantitative estimate of drug-likeness (QED) is 0.615. The molecule has 9 nitrogen and oxygen atoms in total. The summed E-state index contributed by atoms with van der Waals surface area (Å²) in [6.07, 6.45) is 1.22. The SMILES string of the molecule is CNC(=O)c1ccc(C(=O)N(CCNC(C)=O)C(C)C(=O)O)cn1. The number of carbonyl (C=O) groups is 4. The van der Waals surface area contributed by atoms with E-state index in [2.05, 4.69) is 15.6 Å². The van der Waals surface area contributed by atoms with Crippen LogP contribution in [0.25, 0.3) is 0 Å². The van der Waals surface area contributed by atoms with Crippen LogP contribution in [0.2, 0.25) is 0 Å². The molecule has 1 atom stereocenters. The highest BCUT2D eigenvalue weighted by atomic mass is 16.4. The Morgan fingerprint density at radius 2 is 1.96 bits per heavy atom. The lowest BCUT2D eigenvalue weighted by atomic mass is 10.2. The van der Waals surface area contributed by atoms with E-state index in [0.717, 1.165) is 4.90 Å². The summed E-state index contributed by atoms with van der Waals surface area (Å²) < 4.78 is 0. The van der Waals surface area contributed by atoms with Gasteiger partial charge in [0.2, 0.25) is 5.91 Å². The molecule has 0 aliphatic carbocycles. The molecule has 1 aromatic heterocycles. The summed E-state index contributed by atoms with van der Waals surface area (Å²) in [5.74, 6) is -2.38. The van der Waals surface area contributed by atoms with Crippen molar-refractivity contribution < 1.29 is 24.3 Å². The number of nitrogens with zero attached hydrogens (tertiary/aromatic N) is 2. The minimum Gasteiger partial charge on any atom is -0.480 e. The summed E-state index contributed by atoms with van der Waals surface area (Å²) in [4.78, 5) is 51.1. The maximum atomic E-state index is 12.5. The molecule has 24 heavy (non-hydrogen) atoms. The third-order valence-corrected chi connectivity index (χ3v) is 3.28. The summed E-state index contributed by atoms with van der Waals surface area (Å²) in [7, 11) is 1.46. The molecule has 1 unspecified atom stereocenters. The lowest BCUT2D eigenvalue weighted by Gasteiger charge is -2.26. The largest absolute Gasteiger partial charge is 0.480 e. The molecule has 130 valence electrons. The molecule has 1 heterocycles. The molecular weight excluding hydrogens is 316 g/mol. The van der Waals surface area contributed by atoms with Gasteiger partial charge in [-0.15, -0.1) is 0 Å². The number of carboxylic acid groups (broad SMARTS) is 1. The van der Waals surface area contributed by atoms with Gasteiger partial charge in [-0.25, -0.2) is 4.79 Å². The summed E-state index contributed by atoms with van der Waals surface area (Å²) in [6.45, 7) is 2.86. The number of nitrogens with one attached hydrogen (secondary N) is 2. The van der Waals surface area contributed by atoms with E-state index in [1.54, 1.807) is 0 Å². The molecule has 3 amide bonds. The fourth-order valence-electron chi connectivity index (χ4n) is 1.91. The molecule has 0 spiro atoms. The molecular formula is C15H20N4O5. The smallest absolute Gasteiger partial charge is 0.326 e. The van der Waals surface area contributed by atoms with E-state index in [1.807, 2.05) is 0 Å². The fourth-order valence-corrected chi connectivity index (χ4v) is 1.91. The summed E-state index contributed by atoms with van der Waals surface area (Å²) in [5, 5.41) is 14.1. The number of rotatable bonds is 7. The van der Waals surface area contributed by atoms with Crippen LogP contribution in [0.15, 0.2) is 18.3 Å². The van der Waals surface area contributed by atoms with Crippen LogP contribution in [0.4, 0.5) is 0 Å². The minimum absolute atomic E-state index is 0.0308. The average molecular weight is 336 g/mol. The Morgan fingerprint density at radius 3 is 2.42 bits per heavy atom. The van der Waals surface area contributed by atoms with Crippen LogP contribution in [-0.4, -0.2) is 64.9 Å². The number of carboxylic acids is 1. The second-order valence-electron chi connectivity index (χ2n) is 5.01. The van der Waals surface area contributed by atoms with Crippen LogP contribution in [0.1, 0.15) is 34.7 Å². The normalized spacial score (nSPS) is 11.3. The average Bonchev–Trinajstić information content (AvgIpc) is 2.56. The van der Waals surface area contributed by atoms with Crippen LogP contribution in [0.3, 0.4) is 0 Å². The first-order valence-corrected chi connectivity index (χ1v) is 7.24. The number of amides is 3.